The molecule has 0 rings (SSSR count). The van der Waals surface area contributed by atoms with E-state index in [4.69, 9.17) is 5.21 Å². The monoisotopic (exact) mass is 118 g/mol. The molecule has 0 heterocycles. The van der Waals surface area contributed by atoms with Gasteiger partial charge in [0.15, 0.2) is 11.3 Å². The maximum Gasteiger partial charge on any atom is 0.197 e. The van der Waals surface area contributed by atoms with Crippen LogP contribution in [-0.2, 0) is 0 Å². The average molecular weight is 118 g/mol. The summed E-state index contributed by atoms with van der Waals surface area (Å²) < 4.78 is 0. The van der Waals surface area contributed by atoms with Gasteiger partial charge in [0.1, 0.15) is 0 Å². The molecule has 0 aliphatic carbocycles. The normalized spacial score (nSPS) is 16.0. The summed E-state index contributed by atoms with van der Waals surface area (Å²) >= 11 is 0. The second kappa shape index (κ2) is 3.23. The molecule has 4 heteroatoms. The highest BCUT2D eigenvalue weighted by Crippen LogP contribution is 1.93. The summed E-state index contributed by atoms with van der Waals surface area (Å²) in [7, 11) is 0. The van der Waals surface area contributed by atoms with Crippen LogP contribution >= 0.6 is 0 Å². The van der Waals surface area contributed by atoms with Gasteiger partial charge in [-0.2, -0.15) is 0 Å². The summed E-state index contributed by atoms with van der Waals surface area (Å²) in [6.07, 6.45) is 0.688. The first-order valence-electron chi connectivity index (χ1n) is 2.53. The molecule has 4 nitrogen and oxygen atoms in total. The Morgan fingerprint density at radius 3 is 2.50 bits per heavy atom. The molecule has 1 N–H and O–H groups in total. The number of nitrogens with zero attached hydrogens (tertiary/aromatic N) is 2. The minimum Gasteiger partial charge on any atom is -0.597 e. The van der Waals surface area contributed by atoms with Gasteiger partial charge >= 0.3 is 0 Å². The predicted octanol–water partition coefficient (Wildman–Crippen LogP) is 1.14. The van der Waals surface area contributed by atoms with E-state index in [1.54, 1.807) is 6.92 Å². The molecule has 0 amide bonds. The quantitative estimate of drug-likeness (QED) is 0.335. The maximum atomic E-state index is 10.2. The van der Waals surface area contributed by atoms with Gasteiger partial charge in [0.2, 0.25) is 0 Å². The van der Waals surface area contributed by atoms with E-state index in [1.165, 1.54) is 0 Å². The van der Waals surface area contributed by atoms with Crippen molar-refractivity contribution in [3.63, 3.8) is 0 Å². The molecule has 1 unspecified atom stereocenters. The first kappa shape index (κ1) is 7.20. The van der Waals surface area contributed by atoms with Crippen LogP contribution in [0.15, 0.2) is 5.28 Å². The third-order valence-corrected chi connectivity index (χ3v) is 1.06. The molecule has 1 atom stereocenters. The van der Waals surface area contributed by atoms with Crippen LogP contribution in [0.25, 0.3) is 0 Å². The molecule has 0 aliphatic heterocycles. The summed E-state index contributed by atoms with van der Waals surface area (Å²) in [4.78, 5) is 0.278. The summed E-state index contributed by atoms with van der Waals surface area (Å²) in [5.41, 5.74) is 0. The van der Waals surface area contributed by atoms with Crippen molar-refractivity contribution in [1.82, 2.24) is 0 Å². The summed E-state index contributed by atoms with van der Waals surface area (Å²) in [5.74, 6) is 0. The minimum atomic E-state index is -0.222. The molecule has 0 spiro atoms. The van der Waals surface area contributed by atoms with E-state index in [1.807, 2.05) is 6.92 Å². The van der Waals surface area contributed by atoms with Gasteiger partial charge < -0.3 is 10.4 Å². The molecule has 0 aliphatic rings. The van der Waals surface area contributed by atoms with Crippen LogP contribution in [0.3, 0.4) is 0 Å². The summed E-state index contributed by atoms with van der Waals surface area (Å²) in [5, 5.41) is 20.6. The Kier molecular flexibility index (Phi) is 2.91. The fourth-order valence-electron chi connectivity index (χ4n) is 0.244. The first-order valence-corrected chi connectivity index (χ1v) is 2.53. The number of hydrogen-bond acceptors (Lipinski definition) is 2. The highest BCUT2D eigenvalue weighted by molar-refractivity contribution is 4.37. The van der Waals surface area contributed by atoms with Crippen LogP contribution in [0.1, 0.15) is 20.3 Å². The van der Waals surface area contributed by atoms with Crippen LogP contribution in [0, 0.1) is 5.21 Å². The van der Waals surface area contributed by atoms with Crippen molar-refractivity contribution >= 4 is 0 Å². The molecular formula is C4H10N2O2. The Labute approximate surface area is 48.0 Å². The lowest BCUT2D eigenvalue weighted by atomic mass is 10.3. The third-order valence-electron chi connectivity index (χ3n) is 1.06. The molecule has 0 saturated heterocycles. The molecule has 0 aromatic rings. The van der Waals surface area contributed by atoms with Crippen molar-refractivity contribution in [2.24, 2.45) is 5.28 Å². The average Bonchev–Trinajstić information content (AvgIpc) is 1.84. The molecule has 0 bridgehead atoms. The SMILES string of the molecule is CCC(C)[N+]([O-])=NO. The fraction of sp³-hybridized carbons (Fsp3) is 1.00. The van der Waals surface area contributed by atoms with Gasteiger partial charge in [-0.1, -0.05) is 11.8 Å². The molecule has 48 valence electrons. The Balaban J connectivity index is 3.63. The Morgan fingerprint density at radius 1 is 1.88 bits per heavy atom. The van der Waals surface area contributed by atoms with E-state index in [0.29, 0.717) is 6.42 Å². The largest absolute Gasteiger partial charge is 0.597 e. The van der Waals surface area contributed by atoms with E-state index >= 15 is 0 Å². The second-order valence-electron chi connectivity index (χ2n) is 1.65. The summed E-state index contributed by atoms with van der Waals surface area (Å²) in [6.45, 7) is 3.54. The molecule has 0 aromatic heterocycles. The van der Waals surface area contributed by atoms with Gasteiger partial charge in [-0.3, -0.25) is 0 Å². The minimum absolute atomic E-state index is 0.222. The summed E-state index contributed by atoms with van der Waals surface area (Å²) in [6, 6.07) is -0.222. The van der Waals surface area contributed by atoms with Crippen molar-refractivity contribution in [3.8, 4) is 0 Å². The zero-order valence-electron chi connectivity index (χ0n) is 5.03. The molecular weight excluding hydrogens is 108 g/mol. The van der Waals surface area contributed by atoms with E-state index in [2.05, 4.69) is 5.28 Å². The van der Waals surface area contributed by atoms with E-state index in [9.17, 15) is 5.21 Å². The Bertz CT molecular complexity index is 92.0. The van der Waals surface area contributed by atoms with E-state index in [0.717, 1.165) is 0 Å². The van der Waals surface area contributed by atoms with Gasteiger partial charge in [0.05, 0.1) is 0 Å². The lowest BCUT2D eigenvalue weighted by molar-refractivity contribution is -0.588. The van der Waals surface area contributed by atoms with Gasteiger partial charge in [-0.25, -0.2) is 0 Å². The highest BCUT2D eigenvalue weighted by atomic mass is 16.6. The highest BCUT2D eigenvalue weighted by Gasteiger charge is 2.05. The van der Waals surface area contributed by atoms with Crippen molar-refractivity contribution < 1.29 is 10.1 Å². The lowest BCUT2D eigenvalue weighted by Gasteiger charge is -2.02. The van der Waals surface area contributed by atoms with Crippen molar-refractivity contribution in [3.05, 3.63) is 5.21 Å². The number of hydrogen-bond donors (Lipinski definition) is 1. The topological polar surface area (TPSA) is 58.7 Å². The predicted molar refractivity (Wildman–Crippen MR) is 27.6 cm³/mol. The lowest BCUT2D eigenvalue weighted by Crippen LogP contribution is -2.13. The van der Waals surface area contributed by atoms with Crippen LogP contribution in [0.2, 0.25) is 0 Å². The van der Waals surface area contributed by atoms with Crippen molar-refractivity contribution in [2.75, 3.05) is 0 Å². The number of hydroxylamine groups is 1. The van der Waals surface area contributed by atoms with E-state index in [-0.39, 0.29) is 10.9 Å². The van der Waals surface area contributed by atoms with Gasteiger partial charge in [-0.05, 0) is 0 Å². The number of rotatable bonds is 2. The molecule has 0 radical (unpaired) electrons. The molecule has 0 saturated carbocycles. The third kappa shape index (κ3) is 1.77. The zero-order valence-corrected chi connectivity index (χ0v) is 5.03. The molecule has 8 heavy (non-hydrogen) atoms. The van der Waals surface area contributed by atoms with Gasteiger partial charge in [0, 0.05) is 13.3 Å². The van der Waals surface area contributed by atoms with Crippen LogP contribution in [0.5, 0.6) is 0 Å². The first-order chi connectivity index (χ1) is 3.72. The Hall–Kier alpha value is -0.800. The van der Waals surface area contributed by atoms with Crippen LogP contribution in [-0.4, -0.2) is 16.1 Å². The smallest absolute Gasteiger partial charge is 0.197 e. The fourth-order valence-corrected chi connectivity index (χ4v) is 0.244. The standard InChI is InChI=1S/C4H10N2O2/c1-3-4(2)6(8)5-7/h4,7H,3H2,1-2H3. The van der Waals surface area contributed by atoms with Gasteiger partial charge in [-0.15, -0.1) is 0 Å². The second-order valence-corrected chi connectivity index (χ2v) is 1.65. The van der Waals surface area contributed by atoms with Crippen LogP contribution < -0.4 is 0 Å². The Morgan fingerprint density at radius 2 is 2.38 bits per heavy atom. The molecule has 0 aromatic carbocycles. The van der Waals surface area contributed by atoms with Crippen molar-refractivity contribution in [2.45, 2.75) is 26.3 Å². The van der Waals surface area contributed by atoms with Gasteiger partial charge in [0.25, 0.3) is 0 Å². The zero-order chi connectivity index (χ0) is 6.57. The van der Waals surface area contributed by atoms with Crippen molar-refractivity contribution in [1.29, 1.82) is 0 Å². The van der Waals surface area contributed by atoms with E-state index < -0.39 is 0 Å². The maximum absolute atomic E-state index is 10.2. The molecule has 0 fully saturated rings. The van der Waals surface area contributed by atoms with Crippen LogP contribution in [0.4, 0.5) is 0 Å².